The zero-order valence-electron chi connectivity index (χ0n) is 15.6. The zero-order valence-corrected chi connectivity index (χ0v) is 16.4. The third-order valence-corrected chi connectivity index (χ3v) is 4.35. The topological polar surface area (TPSA) is 88.6 Å². The van der Waals surface area contributed by atoms with Crippen LogP contribution in [-0.2, 0) is 19.1 Å². The van der Waals surface area contributed by atoms with Crippen LogP contribution in [0.25, 0.3) is 6.08 Å². The molecule has 7 nitrogen and oxygen atoms in total. The number of nitrogens with one attached hydrogen (secondary N) is 1. The molecular weight excluding hydrogens is 378 g/mol. The summed E-state index contributed by atoms with van der Waals surface area (Å²) in [5.74, 6) is -1.24. The van der Waals surface area contributed by atoms with Crippen LogP contribution in [-0.4, -0.2) is 35.4 Å². The van der Waals surface area contributed by atoms with E-state index in [1.165, 1.54) is 48.3 Å². The Morgan fingerprint density at radius 1 is 1.32 bits per heavy atom. The molecule has 1 atom stereocenters. The van der Waals surface area contributed by atoms with Gasteiger partial charge in [-0.2, -0.15) is 0 Å². The Hall–Kier alpha value is -3.26. The van der Waals surface area contributed by atoms with Gasteiger partial charge in [0.2, 0.25) is 5.91 Å². The van der Waals surface area contributed by atoms with Gasteiger partial charge in [0, 0.05) is 24.9 Å². The summed E-state index contributed by atoms with van der Waals surface area (Å²) in [6.07, 6.45) is 3.28. The van der Waals surface area contributed by atoms with Crippen molar-refractivity contribution in [2.24, 2.45) is 0 Å². The van der Waals surface area contributed by atoms with Crippen molar-refractivity contribution in [1.29, 1.82) is 0 Å². The number of para-hydroxylation sites is 1. The Kier molecular flexibility index (Phi) is 7.65. The van der Waals surface area contributed by atoms with E-state index < -0.39 is 18.0 Å². The van der Waals surface area contributed by atoms with Crippen LogP contribution in [0.15, 0.2) is 54.4 Å². The highest BCUT2D eigenvalue weighted by molar-refractivity contribution is 7.14. The monoisotopic (exact) mass is 399 g/mol. The van der Waals surface area contributed by atoms with Crippen LogP contribution < -0.4 is 10.2 Å². The first-order chi connectivity index (χ1) is 13.4. The summed E-state index contributed by atoms with van der Waals surface area (Å²) in [5.41, 5.74) is 1.21. The summed E-state index contributed by atoms with van der Waals surface area (Å²) in [6, 6.07) is 9.16. The summed E-state index contributed by atoms with van der Waals surface area (Å²) < 4.78 is 5.03. The molecule has 0 aliphatic rings. The lowest BCUT2D eigenvalue weighted by Crippen LogP contribution is -2.35. The Balaban J connectivity index is 2.03. The summed E-state index contributed by atoms with van der Waals surface area (Å²) >= 11 is 1.28. The van der Waals surface area contributed by atoms with Gasteiger partial charge in [0.05, 0.1) is 11.4 Å². The van der Waals surface area contributed by atoms with Crippen LogP contribution in [0.3, 0.4) is 0 Å². The highest BCUT2D eigenvalue weighted by Crippen LogP contribution is 2.28. The van der Waals surface area contributed by atoms with E-state index in [1.807, 2.05) is 30.3 Å². The van der Waals surface area contributed by atoms with Crippen molar-refractivity contribution in [3.63, 3.8) is 0 Å². The van der Waals surface area contributed by atoms with E-state index in [1.54, 1.807) is 5.38 Å². The molecular formula is C20H21N3O4S. The fourth-order valence-electron chi connectivity index (χ4n) is 2.20. The molecule has 0 radical (unpaired) electrons. The quantitative estimate of drug-likeness (QED) is 0.419. The maximum atomic E-state index is 12.0. The maximum Gasteiger partial charge on any atom is 0.331 e. The smallest absolute Gasteiger partial charge is 0.331 e. The van der Waals surface area contributed by atoms with Crippen molar-refractivity contribution in [3.8, 4) is 0 Å². The first-order valence-corrected chi connectivity index (χ1v) is 9.39. The van der Waals surface area contributed by atoms with Gasteiger partial charge in [0.1, 0.15) is 0 Å². The Morgan fingerprint density at radius 2 is 2.04 bits per heavy atom. The average molecular weight is 399 g/mol. The number of carbonyl (C=O) groups excluding carboxylic acids is 3. The van der Waals surface area contributed by atoms with Gasteiger partial charge in [-0.25, -0.2) is 9.78 Å². The van der Waals surface area contributed by atoms with Crippen molar-refractivity contribution in [3.05, 3.63) is 60.1 Å². The van der Waals surface area contributed by atoms with E-state index in [9.17, 15) is 14.4 Å². The van der Waals surface area contributed by atoms with Crippen LogP contribution in [0.1, 0.15) is 19.5 Å². The zero-order chi connectivity index (χ0) is 20.5. The molecule has 0 aliphatic carbocycles. The molecule has 0 saturated heterocycles. The third kappa shape index (κ3) is 5.88. The fourth-order valence-corrected chi connectivity index (χ4v) is 3.05. The van der Waals surface area contributed by atoms with Crippen LogP contribution in [0.5, 0.6) is 0 Å². The van der Waals surface area contributed by atoms with Crippen LogP contribution in [0, 0.1) is 0 Å². The van der Waals surface area contributed by atoms with E-state index >= 15 is 0 Å². The standard InChI is InChI=1S/C20H21N3O4S/c1-4-12-21-19(26)14(2)27-18(25)11-10-16-13-28-20(22-16)23(15(3)24)17-8-6-5-7-9-17/h4-11,13-14H,1,12H2,2-3H3,(H,21,26)/b11-10+/t14-/m0/s1. The van der Waals surface area contributed by atoms with Gasteiger partial charge in [-0.3, -0.25) is 14.5 Å². The highest BCUT2D eigenvalue weighted by atomic mass is 32.1. The number of hydrogen-bond donors (Lipinski definition) is 1. The molecule has 0 aliphatic heterocycles. The van der Waals surface area contributed by atoms with Crippen LogP contribution in [0.2, 0.25) is 0 Å². The number of hydrogen-bond acceptors (Lipinski definition) is 6. The molecule has 8 heteroatoms. The lowest BCUT2D eigenvalue weighted by atomic mass is 10.3. The second-order valence-corrected chi connectivity index (χ2v) is 6.53. The molecule has 0 spiro atoms. The molecule has 2 aromatic rings. The van der Waals surface area contributed by atoms with Gasteiger partial charge in [-0.05, 0) is 25.1 Å². The number of thiazole rings is 1. The Bertz CT molecular complexity index is 877. The molecule has 1 aromatic carbocycles. The minimum atomic E-state index is -0.922. The van der Waals surface area contributed by atoms with Crippen molar-refractivity contribution in [2.45, 2.75) is 20.0 Å². The van der Waals surface area contributed by atoms with Gasteiger partial charge in [0.15, 0.2) is 11.2 Å². The van der Waals surface area contributed by atoms with E-state index in [0.29, 0.717) is 23.1 Å². The Labute approximate surface area is 167 Å². The molecule has 0 fully saturated rings. The molecule has 146 valence electrons. The number of benzene rings is 1. The van der Waals surface area contributed by atoms with Crippen molar-refractivity contribution < 1.29 is 19.1 Å². The minimum Gasteiger partial charge on any atom is -0.449 e. The number of carbonyl (C=O) groups is 3. The van der Waals surface area contributed by atoms with Crippen molar-refractivity contribution in [1.82, 2.24) is 10.3 Å². The van der Waals surface area contributed by atoms with E-state index in [2.05, 4.69) is 16.9 Å². The van der Waals surface area contributed by atoms with E-state index in [-0.39, 0.29) is 5.91 Å². The van der Waals surface area contributed by atoms with E-state index in [4.69, 9.17) is 4.74 Å². The van der Waals surface area contributed by atoms with Crippen molar-refractivity contribution >= 4 is 46.0 Å². The average Bonchev–Trinajstić information content (AvgIpc) is 3.13. The first kappa shape index (κ1) is 21.0. The van der Waals surface area contributed by atoms with Gasteiger partial charge in [-0.15, -0.1) is 17.9 Å². The summed E-state index contributed by atoms with van der Waals surface area (Å²) in [4.78, 5) is 41.5. The number of rotatable bonds is 8. The van der Waals surface area contributed by atoms with Crippen molar-refractivity contribution in [2.75, 3.05) is 11.4 Å². The Morgan fingerprint density at radius 3 is 2.68 bits per heavy atom. The van der Waals surface area contributed by atoms with E-state index in [0.717, 1.165) is 0 Å². The summed E-state index contributed by atoms with van der Waals surface area (Å²) in [7, 11) is 0. The largest absolute Gasteiger partial charge is 0.449 e. The van der Waals surface area contributed by atoms with Gasteiger partial charge < -0.3 is 10.1 Å². The molecule has 1 N–H and O–H groups in total. The SMILES string of the molecule is C=CCNC(=O)[C@H](C)OC(=O)/C=C/c1csc(N(C(C)=O)c2ccccc2)n1. The maximum absolute atomic E-state index is 12.0. The fraction of sp³-hybridized carbons (Fsp3) is 0.200. The number of esters is 1. The number of nitrogens with zero attached hydrogens (tertiary/aromatic N) is 2. The van der Waals surface area contributed by atoms with Gasteiger partial charge in [-0.1, -0.05) is 24.3 Å². The predicted molar refractivity (Wildman–Crippen MR) is 109 cm³/mol. The number of amides is 2. The second kappa shape index (κ2) is 10.2. The predicted octanol–water partition coefficient (Wildman–Crippen LogP) is 3.07. The first-order valence-electron chi connectivity index (χ1n) is 8.51. The summed E-state index contributed by atoms with van der Waals surface area (Å²) in [6.45, 7) is 6.73. The minimum absolute atomic E-state index is 0.171. The molecule has 1 heterocycles. The normalized spacial score (nSPS) is 11.6. The molecule has 2 amide bonds. The number of ether oxygens (including phenoxy) is 1. The van der Waals surface area contributed by atoms with Crippen LogP contribution in [0.4, 0.5) is 10.8 Å². The number of aromatic nitrogens is 1. The number of anilines is 2. The molecule has 0 bridgehead atoms. The lowest BCUT2D eigenvalue weighted by Gasteiger charge is -2.17. The summed E-state index contributed by atoms with van der Waals surface area (Å²) in [5, 5.41) is 4.76. The van der Waals surface area contributed by atoms with Gasteiger partial charge >= 0.3 is 5.97 Å². The van der Waals surface area contributed by atoms with Gasteiger partial charge in [0.25, 0.3) is 5.91 Å². The highest BCUT2D eigenvalue weighted by Gasteiger charge is 2.18. The third-order valence-electron chi connectivity index (χ3n) is 3.50. The molecule has 28 heavy (non-hydrogen) atoms. The lowest BCUT2D eigenvalue weighted by molar-refractivity contribution is -0.150. The second-order valence-electron chi connectivity index (χ2n) is 5.69. The molecule has 0 saturated carbocycles. The van der Waals surface area contributed by atoms with Crippen LogP contribution >= 0.6 is 11.3 Å². The molecule has 0 unspecified atom stereocenters. The molecule has 1 aromatic heterocycles. The molecule has 2 rings (SSSR count).